The van der Waals surface area contributed by atoms with Crippen LogP contribution >= 0.6 is 0 Å². The van der Waals surface area contributed by atoms with Gasteiger partial charge in [0, 0.05) is 0 Å². The number of carbonyl (C=O) groups is 5. The lowest BCUT2D eigenvalue weighted by Gasteiger charge is -2.35. The fourth-order valence-corrected chi connectivity index (χ4v) is 5.28. The SMILES string of the molecule is COC(=O)c1ccc2nc(C(=O)[C@H](C(C)C)N3CCC[C@H]3C(=O)N(C(=O)OCc3ccccc3)C(=O)[C@@H](N)C(C)C)oc2c1. The fraction of sp³-hybridized carbons (Fsp3) is 0.438. The van der Waals surface area contributed by atoms with Crippen molar-refractivity contribution in [1.29, 1.82) is 0 Å². The summed E-state index contributed by atoms with van der Waals surface area (Å²) in [6.07, 6.45) is -0.280. The van der Waals surface area contributed by atoms with Crippen molar-refractivity contribution in [1.82, 2.24) is 14.8 Å². The Balaban J connectivity index is 1.62. The number of likely N-dealkylation sites (tertiary alicyclic amines) is 1. The van der Waals surface area contributed by atoms with Gasteiger partial charge in [0.2, 0.25) is 5.78 Å². The summed E-state index contributed by atoms with van der Waals surface area (Å²) < 4.78 is 15.9. The second-order valence-electron chi connectivity index (χ2n) is 11.5. The quantitative estimate of drug-likeness (QED) is 0.263. The van der Waals surface area contributed by atoms with E-state index in [1.165, 1.54) is 19.2 Å². The summed E-state index contributed by atoms with van der Waals surface area (Å²) in [7, 11) is 1.26. The van der Waals surface area contributed by atoms with E-state index < -0.39 is 47.8 Å². The molecule has 2 aromatic carbocycles. The lowest BCUT2D eigenvalue weighted by molar-refractivity contribution is -0.147. The summed E-state index contributed by atoms with van der Waals surface area (Å²) in [4.78, 5) is 73.1. The molecule has 0 unspecified atom stereocenters. The van der Waals surface area contributed by atoms with Gasteiger partial charge in [-0.1, -0.05) is 58.0 Å². The number of rotatable bonds is 10. The smallest absolute Gasteiger partial charge is 0.423 e. The number of nitrogens with two attached hydrogens (primary N) is 1. The molecule has 0 radical (unpaired) electrons. The highest BCUT2D eigenvalue weighted by atomic mass is 16.6. The molecular formula is C32H38N4O8. The molecule has 1 aromatic heterocycles. The van der Waals surface area contributed by atoms with Gasteiger partial charge in [0.15, 0.2) is 5.58 Å². The van der Waals surface area contributed by atoms with Crippen LogP contribution in [0.3, 0.4) is 0 Å². The van der Waals surface area contributed by atoms with E-state index in [-0.39, 0.29) is 35.5 Å². The van der Waals surface area contributed by atoms with Crippen molar-refractivity contribution in [2.75, 3.05) is 13.7 Å². The van der Waals surface area contributed by atoms with E-state index in [1.54, 1.807) is 49.1 Å². The Bertz CT molecular complexity index is 1530. The van der Waals surface area contributed by atoms with Gasteiger partial charge in [-0.05, 0) is 55.0 Å². The number of ether oxygens (including phenoxy) is 2. The third kappa shape index (κ3) is 6.87. The number of hydrogen-bond donors (Lipinski definition) is 1. The van der Waals surface area contributed by atoms with Crippen molar-refractivity contribution in [3.8, 4) is 0 Å². The van der Waals surface area contributed by atoms with Crippen LogP contribution in [0.4, 0.5) is 4.79 Å². The Kier molecular flexibility index (Phi) is 10.3. The molecule has 3 aromatic rings. The van der Waals surface area contributed by atoms with Crippen molar-refractivity contribution in [2.24, 2.45) is 17.6 Å². The predicted molar refractivity (Wildman–Crippen MR) is 159 cm³/mol. The van der Waals surface area contributed by atoms with Crippen LogP contribution in [-0.4, -0.2) is 76.2 Å². The lowest BCUT2D eigenvalue weighted by atomic mass is 9.96. The van der Waals surface area contributed by atoms with Gasteiger partial charge in [-0.15, -0.1) is 0 Å². The van der Waals surface area contributed by atoms with Crippen LogP contribution in [0, 0.1) is 11.8 Å². The third-order valence-electron chi connectivity index (χ3n) is 7.69. The maximum absolute atomic E-state index is 14.0. The van der Waals surface area contributed by atoms with Gasteiger partial charge < -0.3 is 19.6 Å². The predicted octanol–water partition coefficient (Wildman–Crippen LogP) is 3.96. The minimum atomic E-state index is -1.13. The van der Waals surface area contributed by atoms with Crippen molar-refractivity contribution < 1.29 is 37.9 Å². The number of nitrogens with zero attached hydrogens (tertiary/aromatic N) is 3. The summed E-state index contributed by atoms with van der Waals surface area (Å²) >= 11 is 0. The van der Waals surface area contributed by atoms with E-state index in [9.17, 15) is 24.0 Å². The molecule has 4 rings (SSSR count). The van der Waals surface area contributed by atoms with E-state index in [2.05, 4.69) is 4.98 Å². The van der Waals surface area contributed by atoms with Crippen LogP contribution in [0.2, 0.25) is 0 Å². The van der Waals surface area contributed by atoms with E-state index in [1.807, 2.05) is 19.9 Å². The van der Waals surface area contributed by atoms with Gasteiger partial charge in [-0.25, -0.2) is 14.6 Å². The Hall–Kier alpha value is -4.42. The molecular weight excluding hydrogens is 568 g/mol. The van der Waals surface area contributed by atoms with Crippen molar-refractivity contribution in [2.45, 2.75) is 65.3 Å². The molecule has 1 aliphatic heterocycles. The molecule has 0 aliphatic carbocycles. The average molecular weight is 607 g/mol. The van der Waals surface area contributed by atoms with E-state index in [0.29, 0.717) is 35.4 Å². The lowest BCUT2D eigenvalue weighted by Crippen LogP contribution is -2.58. The number of aromatic nitrogens is 1. The maximum atomic E-state index is 14.0. The van der Waals surface area contributed by atoms with E-state index in [4.69, 9.17) is 19.6 Å². The number of carbonyl (C=O) groups excluding carboxylic acids is 5. The van der Waals surface area contributed by atoms with Gasteiger partial charge in [0.1, 0.15) is 12.1 Å². The third-order valence-corrected chi connectivity index (χ3v) is 7.69. The van der Waals surface area contributed by atoms with Crippen molar-refractivity contribution in [3.63, 3.8) is 0 Å². The number of benzene rings is 2. The highest BCUT2D eigenvalue weighted by Gasteiger charge is 2.46. The standard InChI is InChI=1S/C32H38N4O8/c1-18(2)25(33)30(39)36(32(41)43-17-20-10-7-6-8-11-20)29(38)23-12-9-15-35(23)26(19(3)4)27(37)28-34-22-14-13-21(31(40)42-5)16-24(22)44-28/h6-8,10-11,13-14,16,18-19,23,25-26H,9,12,15,17,33H2,1-5H3/t23-,25-,26-/m0/s1. The number of amides is 3. The second-order valence-corrected chi connectivity index (χ2v) is 11.5. The number of esters is 1. The Labute approximate surface area is 255 Å². The largest absolute Gasteiger partial charge is 0.465 e. The molecule has 0 bridgehead atoms. The molecule has 2 N–H and O–H groups in total. The van der Waals surface area contributed by atoms with Crippen LogP contribution in [-0.2, 0) is 25.7 Å². The van der Waals surface area contributed by atoms with Crippen molar-refractivity contribution in [3.05, 3.63) is 65.5 Å². The molecule has 234 valence electrons. The molecule has 0 saturated carbocycles. The van der Waals surface area contributed by atoms with Gasteiger partial charge in [-0.3, -0.25) is 19.3 Å². The number of imide groups is 3. The van der Waals surface area contributed by atoms with Gasteiger partial charge in [0.25, 0.3) is 17.7 Å². The molecule has 1 aliphatic rings. The number of Topliss-reactive ketones (excluding diaryl/α,β-unsaturated/α-hetero) is 1. The van der Waals surface area contributed by atoms with Crippen LogP contribution < -0.4 is 5.73 Å². The van der Waals surface area contributed by atoms with Crippen LogP contribution in [0.25, 0.3) is 11.1 Å². The van der Waals surface area contributed by atoms with Crippen molar-refractivity contribution >= 4 is 40.8 Å². The normalized spacial score (nSPS) is 16.6. The Morgan fingerprint density at radius 2 is 1.75 bits per heavy atom. The average Bonchev–Trinajstić information content (AvgIpc) is 3.66. The zero-order valence-corrected chi connectivity index (χ0v) is 25.5. The molecule has 3 amide bonds. The molecule has 1 saturated heterocycles. The summed E-state index contributed by atoms with van der Waals surface area (Å²) in [5.74, 6) is -3.56. The number of oxazole rings is 1. The zero-order valence-electron chi connectivity index (χ0n) is 25.5. The Morgan fingerprint density at radius 3 is 2.39 bits per heavy atom. The molecule has 44 heavy (non-hydrogen) atoms. The van der Waals surface area contributed by atoms with Gasteiger partial charge >= 0.3 is 12.1 Å². The highest BCUT2D eigenvalue weighted by Crippen LogP contribution is 2.29. The molecule has 0 spiro atoms. The first-order valence-corrected chi connectivity index (χ1v) is 14.6. The summed E-state index contributed by atoms with van der Waals surface area (Å²) in [6.45, 7) is 7.28. The minimum Gasteiger partial charge on any atom is -0.465 e. The molecule has 12 nitrogen and oxygen atoms in total. The number of hydrogen-bond acceptors (Lipinski definition) is 11. The summed E-state index contributed by atoms with van der Waals surface area (Å²) in [5.41, 5.74) is 7.64. The van der Waals surface area contributed by atoms with Crippen LogP contribution in [0.15, 0.2) is 52.9 Å². The first-order valence-electron chi connectivity index (χ1n) is 14.6. The van der Waals surface area contributed by atoms with E-state index in [0.717, 1.165) is 0 Å². The summed E-state index contributed by atoms with van der Waals surface area (Å²) in [5, 5.41) is 0. The maximum Gasteiger partial charge on any atom is 0.423 e. The number of fused-ring (bicyclic) bond motifs is 1. The molecule has 1 fully saturated rings. The molecule has 12 heteroatoms. The first-order chi connectivity index (χ1) is 20.9. The zero-order chi connectivity index (χ0) is 32.1. The second kappa shape index (κ2) is 13.9. The number of methoxy groups -OCH3 is 1. The van der Waals surface area contributed by atoms with E-state index >= 15 is 0 Å². The van der Waals surface area contributed by atoms with Crippen LogP contribution in [0.1, 0.15) is 67.1 Å². The molecule has 2 heterocycles. The number of ketones is 1. The van der Waals surface area contributed by atoms with Gasteiger partial charge in [-0.2, -0.15) is 4.90 Å². The monoisotopic (exact) mass is 606 g/mol. The Morgan fingerprint density at radius 1 is 1.05 bits per heavy atom. The molecule has 3 atom stereocenters. The fourth-order valence-electron chi connectivity index (χ4n) is 5.28. The summed E-state index contributed by atoms with van der Waals surface area (Å²) in [6, 6.07) is 10.4. The highest BCUT2D eigenvalue weighted by molar-refractivity contribution is 6.12. The van der Waals surface area contributed by atoms with Gasteiger partial charge in [0.05, 0.1) is 30.8 Å². The van der Waals surface area contributed by atoms with Crippen LogP contribution in [0.5, 0.6) is 0 Å². The first kappa shape index (κ1) is 32.5. The topological polar surface area (TPSA) is 162 Å². The minimum absolute atomic E-state index is 0.148.